The molecule has 1 rings (SSSR count). The van der Waals surface area contributed by atoms with Crippen LogP contribution in [0.3, 0.4) is 0 Å². The van der Waals surface area contributed by atoms with Gasteiger partial charge in [0.05, 0.1) is 5.75 Å². The van der Waals surface area contributed by atoms with Crippen LogP contribution < -0.4 is 10.0 Å². The molecule has 0 radical (unpaired) electrons. The summed E-state index contributed by atoms with van der Waals surface area (Å²) in [6, 6.07) is 8.06. The van der Waals surface area contributed by atoms with E-state index in [-0.39, 0.29) is 5.75 Å². The lowest BCUT2D eigenvalue weighted by molar-refractivity contribution is 0.474. The number of nitrogens with one attached hydrogen (secondary N) is 2. The number of nitrogens with zero attached hydrogens (tertiary/aromatic N) is 2. The van der Waals surface area contributed by atoms with Gasteiger partial charge in [0.1, 0.15) is 0 Å². The van der Waals surface area contributed by atoms with Gasteiger partial charge < -0.3 is 10.2 Å². The molecule has 0 bridgehead atoms. The molecule has 23 heavy (non-hydrogen) atoms. The van der Waals surface area contributed by atoms with E-state index in [9.17, 15) is 8.42 Å². The molecular weight excluding hydrogens is 380 g/mol. The van der Waals surface area contributed by atoms with Gasteiger partial charge >= 0.3 is 0 Å². The van der Waals surface area contributed by atoms with E-state index in [0.717, 1.165) is 17.0 Å². The van der Waals surface area contributed by atoms with Crippen LogP contribution >= 0.6 is 15.9 Å². The molecule has 0 spiro atoms. The number of hydrogen-bond donors (Lipinski definition) is 2. The smallest absolute Gasteiger partial charge is 0.211 e. The highest BCUT2D eigenvalue weighted by Crippen LogP contribution is 2.17. The molecule has 130 valence electrons. The SMILES string of the molecule is CCS(=O)(=O)NCCCNC(=NC)N(C)Cc1ccccc1Br. The maximum absolute atomic E-state index is 11.3. The summed E-state index contributed by atoms with van der Waals surface area (Å²) in [5, 5.41) is 3.24. The van der Waals surface area contributed by atoms with Crippen molar-refractivity contribution in [3.05, 3.63) is 34.3 Å². The van der Waals surface area contributed by atoms with Gasteiger partial charge in [0.25, 0.3) is 0 Å². The van der Waals surface area contributed by atoms with Gasteiger partial charge in [-0.05, 0) is 25.0 Å². The van der Waals surface area contributed by atoms with Crippen LogP contribution in [0.4, 0.5) is 0 Å². The number of guanidine groups is 1. The number of aliphatic imine (C=N–C) groups is 1. The lowest BCUT2D eigenvalue weighted by Crippen LogP contribution is -2.39. The first-order valence-electron chi connectivity index (χ1n) is 7.52. The fourth-order valence-corrected chi connectivity index (χ4v) is 3.03. The molecule has 0 aliphatic carbocycles. The van der Waals surface area contributed by atoms with Gasteiger partial charge in [0.15, 0.2) is 5.96 Å². The minimum Gasteiger partial charge on any atom is -0.356 e. The van der Waals surface area contributed by atoms with Crippen LogP contribution in [-0.4, -0.2) is 52.2 Å². The first-order valence-corrected chi connectivity index (χ1v) is 9.96. The van der Waals surface area contributed by atoms with Gasteiger partial charge in [-0.3, -0.25) is 4.99 Å². The van der Waals surface area contributed by atoms with Crippen molar-refractivity contribution in [1.82, 2.24) is 14.9 Å². The zero-order valence-electron chi connectivity index (χ0n) is 13.8. The molecule has 0 fully saturated rings. The van der Waals surface area contributed by atoms with Crippen LogP contribution in [0.1, 0.15) is 18.9 Å². The summed E-state index contributed by atoms with van der Waals surface area (Å²) in [4.78, 5) is 6.28. The van der Waals surface area contributed by atoms with Crippen molar-refractivity contribution in [3.63, 3.8) is 0 Å². The Labute approximate surface area is 147 Å². The van der Waals surface area contributed by atoms with Crippen molar-refractivity contribution >= 4 is 31.9 Å². The molecule has 0 aromatic heterocycles. The topological polar surface area (TPSA) is 73.8 Å². The van der Waals surface area contributed by atoms with E-state index in [0.29, 0.717) is 19.5 Å². The summed E-state index contributed by atoms with van der Waals surface area (Å²) >= 11 is 3.54. The van der Waals surface area contributed by atoms with E-state index < -0.39 is 10.0 Å². The Bertz CT molecular complexity index is 620. The molecule has 0 aliphatic heterocycles. The third-order valence-electron chi connectivity index (χ3n) is 3.28. The molecule has 0 amide bonds. The second-order valence-corrected chi connectivity index (χ2v) is 8.02. The van der Waals surface area contributed by atoms with E-state index in [4.69, 9.17) is 0 Å². The first-order chi connectivity index (χ1) is 10.9. The van der Waals surface area contributed by atoms with Gasteiger partial charge in [-0.15, -0.1) is 0 Å². The van der Waals surface area contributed by atoms with Crippen molar-refractivity contribution in [2.24, 2.45) is 4.99 Å². The molecule has 6 nitrogen and oxygen atoms in total. The van der Waals surface area contributed by atoms with Crippen molar-refractivity contribution < 1.29 is 8.42 Å². The van der Waals surface area contributed by atoms with E-state index >= 15 is 0 Å². The van der Waals surface area contributed by atoms with Gasteiger partial charge in [-0.25, -0.2) is 13.1 Å². The number of benzene rings is 1. The highest BCUT2D eigenvalue weighted by atomic mass is 79.9. The van der Waals surface area contributed by atoms with Gasteiger partial charge in [-0.2, -0.15) is 0 Å². The van der Waals surface area contributed by atoms with Gasteiger partial charge in [0.2, 0.25) is 10.0 Å². The standard InChI is InChI=1S/C15H25BrN4O2S/c1-4-23(21,22)19-11-7-10-18-15(17-2)20(3)12-13-8-5-6-9-14(13)16/h5-6,8-9,19H,4,7,10-12H2,1-3H3,(H,17,18). The monoisotopic (exact) mass is 404 g/mol. The number of hydrogen-bond acceptors (Lipinski definition) is 3. The van der Waals surface area contributed by atoms with Crippen LogP contribution in [-0.2, 0) is 16.6 Å². The van der Waals surface area contributed by atoms with Crippen LogP contribution in [0.5, 0.6) is 0 Å². The largest absolute Gasteiger partial charge is 0.356 e. The molecule has 0 heterocycles. The lowest BCUT2D eigenvalue weighted by Gasteiger charge is -2.22. The highest BCUT2D eigenvalue weighted by Gasteiger charge is 2.09. The Morgan fingerprint density at radius 2 is 2.00 bits per heavy atom. The van der Waals surface area contributed by atoms with E-state index in [1.54, 1.807) is 14.0 Å². The second kappa shape index (κ2) is 9.89. The molecular formula is C15H25BrN4O2S. The highest BCUT2D eigenvalue weighted by molar-refractivity contribution is 9.10. The van der Waals surface area contributed by atoms with Crippen molar-refractivity contribution in [2.45, 2.75) is 19.9 Å². The van der Waals surface area contributed by atoms with Gasteiger partial charge in [-0.1, -0.05) is 34.1 Å². The molecule has 2 N–H and O–H groups in total. The van der Waals surface area contributed by atoms with Crippen molar-refractivity contribution in [1.29, 1.82) is 0 Å². The zero-order valence-corrected chi connectivity index (χ0v) is 16.2. The minimum absolute atomic E-state index is 0.108. The van der Waals surface area contributed by atoms with Crippen LogP contribution in [0.2, 0.25) is 0 Å². The third kappa shape index (κ3) is 7.32. The summed E-state index contributed by atoms with van der Waals surface area (Å²) in [5.74, 6) is 0.885. The number of halogens is 1. The van der Waals surface area contributed by atoms with Crippen molar-refractivity contribution in [3.8, 4) is 0 Å². The molecule has 8 heteroatoms. The van der Waals surface area contributed by atoms with Crippen LogP contribution in [0.15, 0.2) is 33.7 Å². The molecule has 0 atom stereocenters. The molecule has 1 aromatic rings. The third-order valence-corrected chi connectivity index (χ3v) is 5.46. The Morgan fingerprint density at radius 1 is 1.30 bits per heavy atom. The van der Waals surface area contributed by atoms with E-state index in [2.05, 4.69) is 37.0 Å². The average molecular weight is 405 g/mol. The number of rotatable bonds is 8. The summed E-state index contributed by atoms with van der Waals surface area (Å²) in [6.45, 7) is 3.43. The summed E-state index contributed by atoms with van der Waals surface area (Å²) in [7, 11) is 0.590. The predicted molar refractivity (Wildman–Crippen MR) is 99.1 cm³/mol. The van der Waals surface area contributed by atoms with Crippen molar-refractivity contribution in [2.75, 3.05) is 32.9 Å². The predicted octanol–water partition coefficient (Wildman–Crippen LogP) is 1.79. The number of sulfonamides is 1. The fraction of sp³-hybridized carbons (Fsp3) is 0.533. The van der Waals surface area contributed by atoms with Crippen LogP contribution in [0, 0.1) is 0 Å². The Hall–Kier alpha value is -1.12. The maximum Gasteiger partial charge on any atom is 0.211 e. The Kier molecular flexibility index (Phi) is 8.57. The lowest BCUT2D eigenvalue weighted by atomic mass is 10.2. The summed E-state index contributed by atoms with van der Waals surface area (Å²) in [5.41, 5.74) is 1.17. The normalized spacial score (nSPS) is 12.3. The zero-order chi connectivity index (χ0) is 17.3. The minimum atomic E-state index is -3.11. The molecule has 1 aromatic carbocycles. The second-order valence-electron chi connectivity index (χ2n) is 5.07. The summed E-state index contributed by atoms with van der Waals surface area (Å²) in [6.07, 6.45) is 0.696. The van der Waals surface area contributed by atoms with Gasteiger partial charge in [0, 0.05) is 38.2 Å². The molecule has 0 unspecified atom stereocenters. The quantitative estimate of drug-likeness (QED) is 0.393. The fourth-order valence-electron chi connectivity index (χ4n) is 1.96. The maximum atomic E-state index is 11.3. The molecule has 0 saturated carbocycles. The van der Waals surface area contributed by atoms with Crippen LogP contribution in [0.25, 0.3) is 0 Å². The Morgan fingerprint density at radius 3 is 2.61 bits per heavy atom. The first kappa shape index (κ1) is 19.9. The summed E-state index contributed by atoms with van der Waals surface area (Å²) < 4.78 is 26.3. The molecule has 0 saturated heterocycles. The van der Waals surface area contributed by atoms with E-state index in [1.807, 2.05) is 30.1 Å². The molecule has 0 aliphatic rings. The van der Waals surface area contributed by atoms with E-state index in [1.165, 1.54) is 5.56 Å². The Balaban J connectivity index is 2.41. The average Bonchev–Trinajstić information content (AvgIpc) is 2.53.